The molecule has 1 unspecified atom stereocenters. The number of benzene rings is 2. The smallest absolute Gasteiger partial charge is 0.237 e. The van der Waals surface area contributed by atoms with E-state index in [2.05, 4.69) is 5.32 Å². The van der Waals surface area contributed by atoms with Gasteiger partial charge in [-0.2, -0.15) is 0 Å². The van der Waals surface area contributed by atoms with Gasteiger partial charge >= 0.3 is 0 Å². The van der Waals surface area contributed by atoms with Gasteiger partial charge in [0.2, 0.25) is 5.91 Å². The van der Waals surface area contributed by atoms with Gasteiger partial charge in [-0.3, -0.25) is 4.79 Å². The van der Waals surface area contributed by atoms with E-state index in [0.717, 1.165) is 11.3 Å². The Hall–Kier alpha value is -0.870. The van der Waals surface area contributed by atoms with Crippen LogP contribution in [0.25, 0.3) is 0 Å². The number of thioether (sulfide) groups is 1. The van der Waals surface area contributed by atoms with Gasteiger partial charge in [0.25, 0.3) is 0 Å². The zero-order valence-electron chi connectivity index (χ0n) is 11.8. The molecule has 1 atom stereocenters. The summed E-state index contributed by atoms with van der Waals surface area (Å²) in [6.45, 7) is 1.86. The molecule has 0 aliphatic rings. The maximum Gasteiger partial charge on any atom is 0.237 e. The second kappa shape index (κ2) is 8.11. The van der Waals surface area contributed by atoms with Crippen LogP contribution in [0.3, 0.4) is 0 Å². The van der Waals surface area contributed by atoms with Crippen LogP contribution in [-0.2, 0) is 10.5 Å². The van der Waals surface area contributed by atoms with Gasteiger partial charge in [0, 0.05) is 15.8 Å². The fourth-order valence-corrected chi connectivity index (χ4v) is 3.13. The number of carbonyl (C=O) groups excluding carboxylic acids is 1. The van der Waals surface area contributed by atoms with E-state index in [9.17, 15) is 4.79 Å². The molecule has 116 valence electrons. The molecule has 0 fully saturated rings. The van der Waals surface area contributed by atoms with E-state index in [-0.39, 0.29) is 11.2 Å². The first-order valence-electron chi connectivity index (χ1n) is 6.57. The summed E-state index contributed by atoms with van der Waals surface area (Å²) >= 11 is 19.3. The van der Waals surface area contributed by atoms with Gasteiger partial charge < -0.3 is 5.32 Å². The zero-order valence-corrected chi connectivity index (χ0v) is 14.9. The largest absolute Gasteiger partial charge is 0.324 e. The van der Waals surface area contributed by atoms with Crippen molar-refractivity contribution in [3.63, 3.8) is 0 Å². The topological polar surface area (TPSA) is 29.1 Å². The second-order valence-electron chi connectivity index (χ2n) is 4.69. The van der Waals surface area contributed by atoms with E-state index in [1.54, 1.807) is 30.0 Å². The number of nitrogens with one attached hydrogen (secondary N) is 1. The molecule has 22 heavy (non-hydrogen) atoms. The Bertz CT molecular complexity index is 661. The summed E-state index contributed by atoms with van der Waals surface area (Å²) in [4.78, 5) is 12.2. The van der Waals surface area contributed by atoms with Gasteiger partial charge in [-0.1, -0.05) is 46.9 Å². The molecule has 0 radical (unpaired) electrons. The molecule has 0 saturated carbocycles. The Morgan fingerprint density at radius 1 is 1.09 bits per heavy atom. The van der Waals surface area contributed by atoms with Crippen LogP contribution in [0.1, 0.15) is 12.5 Å². The van der Waals surface area contributed by atoms with Crippen molar-refractivity contribution >= 4 is 58.2 Å². The fraction of sp³-hybridized carbons (Fsp3) is 0.188. The molecule has 1 N–H and O–H groups in total. The Morgan fingerprint density at radius 3 is 2.36 bits per heavy atom. The van der Waals surface area contributed by atoms with Crippen molar-refractivity contribution < 1.29 is 4.79 Å². The van der Waals surface area contributed by atoms with Gasteiger partial charge in [-0.15, -0.1) is 11.8 Å². The third-order valence-electron chi connectivity index (χ3n) is 2.97. The normalized spacial score (nSPS) is 12.0. The first-order chi connectivity index (χ1) is 10.5. The van der Waals surface area contributed by atoms with Gasteiger partial charge in [0.05, 0.1) is 16.0 Å². The monoisotopic (exact) mass is 373 g/mol. The lowest BCUT2D eigenvalue weighted by molar-refractivity contribution is -0.115. The molecule has 2 nitrogen and oxygen atoms in total. The maximum absolute atomic E-state index is 12.2. The number of carbonyl (C=O) groups is 1. The lowest BCUT2D eigenvalue weighted by Gasteiger charge is -2.13. The third kappa shape index (κ3) is 5.10. The molecule has 2 aromatic rings. The van der Waals surface area contributed by atoms with Crippen molar-refractivity contribution in [3.05, 3.63) is 63.1 Å². The Kier molecular flexibility index (Phi) is 6.45. The summed E-state index contributed by atoms with van der Waals surface area (Å²) in [5.74, 6) is 0.642. The summed E-state index contributed by atoms with van der Waals surface area (Å²) in [6, 6.07) is 12.6. The number of hydrogen-bond donors (Lipinski definition) is 1. The molecule has 0 spiro atoms. The second-order valence-corrected chi connectivity index (χ2v) is 7.30. The maximum atomic E-state index is 12.2. The van der Waals surface area contributed by atoms with Crippen LogP contribution in [0.15, 0.2) is 42.5 Å². The number of rotatable bonds is 5. The average Bonchev–Trinajstić information content (AvgIpc) is 2.49. The van der Waals surface area contributed by atoms with Crippen molar-refractivity contribution in [3.8, 4) is 0 Å². The highest BCUT2D eigenvalue weighted by Gasteiger charge is 2.15. The summed E-state index contributed by atoms with van der Waals surface area (Å²) in [5, 5.41) is 4.27. The highest BCUT2D eigenvalue weighted by atomic mass is 35.5. The molecule has 0 heterocycles. The van der Waals surface area contributed by atoms with Gasteiger partial charge in [0.1, 0.15) is 0 Å². The van der Waals surface area contributed by atoms with Crippen LogP contribution in [0.5, 0.6) is 0 Å². The van der Waals surface area contributed by atoms with Gasteiger partial charge in [-0.25, -0.2) is 0 Å². The molecular formula is C16H14Cl3NOS. The summed E-state index contributed by atoms with van der Waals surface area (Å²) in [6.07, 6.45) is 0. The molecule has 6 heteroatoms. The zero-order chi connectivity index (χ0) is 16.1. The van der Waals surface area contributed by atoms with Crippen molar-refractivity contribution in [2.45, 2.75) is 17.9 Å². The first kappa shape index (κ1) is 17.5. The molecule has 0 bridgehead atoms. The van der Waals surface area contributed by atoms with Crippen molar-refractivity contribution in [2.24, 2.45) is 0 Å². The fourth-order valence-electron chi connectivity index (χ4n) is 1.70. The highest BCUT2D eigenvalue weighted by Crippen LogP contribution is 2.27. The molecule has 2 rings (SSSR count). The summed E-state index contributed by atoms with van der Waals surface area (Å²) in [5.41, 5.74) is 1.69. The minimum absolute atomic E-state index is 0.0943. The molecule has 0 aliphatic heterocycles. The van der Waals surface area contributed by atoms with E-state index >= 15 is 0 Å². The lowest BCUT2D eigenvalue weighted by atomic mass is 10.2. The van der Waals surface area contributed by atoms with Crippen LogP contribution in [0.2, 0.25) is 15.1 Å². The van der Waals surface area contributed by atoms with Gasteiger partial charge in [0.15, 0.2) is 0 Å². The van der Waals surface area contributed by atoms with Crippen molar-refractivity contribution in [1.82, 2.24) is 0 Å². The molecule has 0 saturated heterocycles. The Morgan fingerprint density at radius 2 is 1.73 bits per heavy atom. The third-order valence-corrected chi connectivity index (χ3v) is 4.99. The predicted molar refractivity (Wildman–Crippen MR) is 97.3 cm³/mol. The molecular weight excluding hydrogens is 361 g/mol. The SMILES string of the molecule is CC(SCc1ccc(Cl)cc1)C(=O)Nc1ccc(Cl)cc1Cl. The van der Waals surface area contributed by atoms with Gasteiger partial charge in [-0.05, 0) is 42.8 Å². The summed E-state index contributed by atoms with van der Waals surface area (Å²) in [7, 11) is 0. The highest BCUT2D eigenvalue weighted by molar-refractivity contribution is 7.99. The van der Waals surface area contributed by atoms with E-state index in [1.165, 1.54) is 0 Å². The average molecular weight is 375 g/mol. The van der Waals surface area contributed by atoms with Crippen LogP contribution >= 0.6 is 46.6 Å². The standard InChI is InChI=1S/C16H14Cl3NOS/c1-10(22-9-11-2-4-12(17)5-3-11)16(21)20-15-7-6-13(18)8-14(15)19/h2-8,10H,9H2,1H3,(H,20,21). The van der Waals surface area contributed by atoms with E-state index in [0.29, 0.717) is 20.8 Å². The summed E-state index contributed by atoms with van der Waals surface area (Å²) < 4.78 is 0. The van der Waals surface area contributed by atoms with E-state index < -0.39 is 0 Å². The van der Waals surface area contributed by atoms with Crippen LogP contribution in [0, 0.1) is 0 Å². The Balaban J connectivity index is 1.90. The van der Waals surface area contributed by atoms with Crippen LogP contribution in [-0.4, -0.2) is 11.2 Å². The molecule has 2 aromatic carbocycles. The lowest BCUT2D eigenvalue weighted by Crippen LogP contribution is -2.22. The molecule has 0 aliphatic carbocycles. The number of halogens is 3. The number of amides is 1. The number of anilines is 1. The minimum atomic E-state index is -0.206. The van der Waals surface area contributed by atoms with Crippen molar-refractivity contribution in [1.29, 1.82) is 0 Å². The van der Waals surface area contributed by atoms with Crippen LogP contribution in [0.4, 0.5) is 5.69 Å². The minimum Gasteiger partial charge on any atom is -0.324 e. The van der Waals surface area contributed by atoms with Crippen LogP contribution < -0.4 is 5.32 Å². The van der Waals surface area contributed by atoms with E-state index in [4.69, 9.17) is 34.8 Å². The Labute approximate surface area is 149 Å². The quantitative estimate of drug-likeness (QED) is 0.705. The van der Waals surface area contributed by atoms with Crippen molar-refractivity contribution in [2.75, 3.05) is 5.32 Å². The predicted octanol–water partition coefficient (Wildman–Crippen LogP) is 5.91. The molecule has 1 amide bonds. The molecule has 0 aromatic heterocycles. The first-order valence-corrected chi connectivity index (χ1v) is 8.76. The number of hydrogen-bond acceptors (Lipinski definition) is 2. The van der Waals surface area contributed by atoms with E-state index in [1.807, 2.05) is 31.2 Å².